The molecule has 322 valence electrons. The van der Waals surface area contributed by atoms with Crippen LogP contribution < -0.4 is 21.2 Å². The Balaban J connectivity index is 1.46. The highest BCUT2D eigenvalue weighted by atomic mass is 32.1. The maximum Gasteiger partial charge on any atom is 0.358 e. The predicted octanol–water partition coefficient (Wildman–Crippen LogP) is 9.42. The highest BCUT2D eigenvalue weighted by molar-refractivity contribution is 7.79. The molecule has 13 nitrogen and oxygen atoms in total. The molecule has 2 aliphatic rings. The lowest BCUT2D eigenvalue weighted by Crippen LogP contribution is -2.66. The summed E-state index contributed by atoms with van der Waals surface area (Å²) in [6.45, 7) is 20.2. The molecule has 0 bridgehead atoms. The summed E-state index contributed by atoms with van der Waals surface area (Å²) in [6, 6.07) is 9.11. The number of ether oxygens (including phenoxy) is 3. The molecular weight excluding hydrogens is 791 g/mol. The molecule has 58 heavy (non-hydrogen) atoms. The summed E-state index contributed by atoms with van der Waals surface area (Å²) in [7, 11) is -6.05. The Kier molecular flexibility index (Phi) is 16.7. The van der Waals surface area contributed by atoms with Gasteiger partial charge in [-0.15, -0.1) is 0 Å². The van der Waals surface area contributed by atoms with Gasteiger partial charge in [0.25, 0.3) is 5.56 Å². The number of aromatic amines is 1. The summed E-state index contributed by atoms with van der Waals surface area (Å²) < 4.78 is 42.7. The van der Waals surface area contributed by atoms with E-state index in [9.17, 15) is 9.59 Å². The molecule has 2 saturated heterocycles. The Morgan fingerprint density at radius 3 is 2.10 bits per heavy atom. The van der Waals surface area contributed by atoms with E-state index in [-0.39, 0.29) is 51.0 Å². The second kappa shape index (κ2) is 21.0. The Morgan fingerprint density at radius 1 is 0.897 bits per heavy atom. The molecule has 16 heteroatoms. The van der Waals surface area contributed by atoms with Crippen LogP contribution in [0.15, 0.2) is 46.2 Å². The SMILES string of the molecule is CCCCCCCCCCCCNc1nc(=O)c2ncn([C@@H]3O[C@@H]4CO[Si](C(C)C)(C(C)C)O[Si](C(C)C)(C(C)C)O[C@H]4[C@H]3OC(=S)Oc3ccccc3)c2c(=O)[nH]1. The first-order valence-corrected chi connectivity index (χ1v) is 25.9. The number of nitrogens with zero attached hydrogens (tertiary/aromatic N) is 3. The van der Waals surface area contributed by atoms with Crippen molar-refractivity contribution < 1.29 is 27.2 Å². The third-order valence-electron chi connectivity index (χ3n) is 11.5. The van der Waals surface area contributed by atoms with E-state index in [1.54, 1.807) is 12.1 Å². The molecular formula is C42H67N5O8SSi2. The van der Waals surface area contributed by atoms with Crippen LogP contribution in [0.25, 0.3) is 11.0 Å². The number of thiocarbonyl (C=S) groups is 1. The summed E-state index contributed by atoms with van der Waals surface area (Å²) in [5.74, 6) is 0.593. The van der Waals surface area contributed by atoms with E-state index in [1.807, 2.05) is 18.2 Å². The maximum absolute atomic E-state index is 14.1. The first-order chi connectivity index (χ1) is 27.7. The zero-order valence-corrected chi connectivity index (χ0v) is 38.9. The fraction of sp³-hybridized carbons (Fsp3) is 0.690. The fourth-order valence-corrected chi connectivity index (χ4v) is 19.8. The molecule has 1 aromatic carbocycles. The van der Waals surface area contributed by atoms with Gasteiger partial charge in [0, 0.05) is 18.8 Å². The third kappa shape index (κ3) is 10.7. The van der Waals surface area contributed by atoms with Crippen LogP contribution in [0.1, 0.15) is 133 Å². The molecule has 5 rings (SSSR count). The number of aromatic nitrogens is 4. The Labute approximate surface area is 351 Å². The van der Waals surface area contributed by atoms with Crippen molar-refractivity contribution in [3.05, 3.63) is 57.4 Å². The van der Waals surface area contributed by atoms with Gasteiger partial charge in [0.1, 0.15) is 23.5 Å². The van der Waals surface area contributed by atoms with Crippen LogP contribution in [0.2, 0.25) is 22.2 Å². The average molecular weight is 858 g/mol. The minimum absolute atomic E-state index is 0.00580. The van der Waals surface area contributed by atoms with E-state index in [1.165, 1.54) is 55.8 Å². The molecule has 0 saturated carbocycles. The highest BCUT2D eigenvalue weighted by Gasteiger charge is 2.62. The van der Waals surface area contributed by atoms with E-state index in [0.717, 1.165) is 19.3 Å². The fourth-order valence-electron chi connectivity index (χ4n) is 8.38. The van der Waals surface area contributed by atoms with Crippen molar-refractivity contribution >= 4 is 51.6 Å². The number of hydrogen-bond acceptors (Lipinski definition) is 12. The van der Waals surface area contributed by atoms with Crippen LogP contribution in [0.5, 0.6) is 5.75 Å². The molecule has 2 aliphatic heterocycles. The van der Waals surface area contributed by atoms with Crippen molar-refractivity contribution in [1.82, 2.24) is 19.5 Å². The molecule has 4 atom stereocenters. The minimum atomic E-state index is -3.14. The van der Waals surface area contributed by atoms with E-state index in [2.05, 4.69) is 82.6 Å². The lowest BCUT2D eigenvalue weighted by atomic mass is 10.1. The minimum Gasteiger partial charge on any atom is -0.446 e. The Hall–Kier alpha value is -3.00. The van der Waals surface area contributed by atoms with Gasteiger partial charge in [0.15, 0.2) is 17.8 Å². The average Bonchev–Trinajstić information content (AvgIpc) is 3.71. The van der Waals surface area contributed by atoms with Crippen LogP contribution in [0.4, 0.5) is 5.95 Å². The standard InChI is InChI=1S/C42H67N5O8SSi2/c1-10-11-12-13-14-15-16-17-18-22-25-43-41-45-38(48)34-35(39(49)46-41)47(27-44-34)40-37(53-42(56)51-32-23-20-19-21-24-32)36-33(52-40)26-50-57(28(2)3,29(4)5)55-58(54-36,30(6)7)31(8)9/h19-21,23-24,27-31,33,36-37,40H,10-18,22,25-26H2,1-9H3,(H2,43,45,46,48,49)/t33-,36-,37-,40-/m1/s1. The molecule has 0 aliphatic carbocycles. The smallest absolute Gasteiger partial charge is 0.358 e. The monoisotopic (exact) mass is 857 g/mol. The van der Waals surface area contributed by atoms with Crippen molar-refractivity contribution in [2.24, 2.45) is 0 Å². The van der Waals surface area contributed by atoms with Gasteiger partial charge in [-0.05, 0) is 40.7 Å². The molecule has 3 aromatic rings. The van der Waals surface area contributed by atoms with Gasteiger partial charge >= 0.3 is 27.9 Å². The van der Waals surface area contributed by atoms with Crippen LogP contribution in [0, 0.1) is 0 Å². The van der Waals surface area contributed by atoms with Gasteiger partial charge < -0.3 is 32.5 Å². The van der Waals surface area contributed by atoms with Crippen LogP contribution in [0.3, 0.4) is 0 Å². The van der Waals surface area contributed by atoms with Crippen molar-refractivity contribution in [2.45, 2.75) is 173 Å². The molecule has 0 radical (unpaired) electrons. The summed E-state index contributed by atoms with van der Waals surface area (Å²) in [5.41, 5.74) is -0.991. The quantitative estimate of drug-likeness (QED) is 0.0672. The second-order valence-corrected chi connectivity index (χ2v) is 26.2. The molecule has 0 unspecified atom stereocenters. The van der Waals surface area contributed by atoms with Crippen molar-refractivity contribution in [3.63, 3.8) is 0 Å². The molecule has 0 spiro atoms. The van der Waals surface area contributed by atoms with Gasteiger partial charge in [-0.1, -0.05) is 138 Å². The number of nitrogens with one attached hydrogen (secondary N) is 2. The zero-order valence-electron chi connectivity index (χ0n) is 36.1. The number of anilines is 1. The summed E-state index contributed by atoms with van der Waals surface area (Å²) >= 11 is 5.69. The van der Waals surface area contributed by atoms with E-state index >= 15 is 0 Å². The lowest BCUT2D eigenvalue weighted by Gasteiger charge is -2.51. The molecule has 4 heterocycles. The van der Waals surface area contributed by atoms with E-state index in [4.69, 9.17) is 39.4 Å². The van der Waals surface area contributed by atoms with Gasteiger partial charge in [-0.25, -0.2) is 4.98 Å². The Bertz CT molecular complexity index is 1880. The first kappa shape index (κ1) is 46.1. The van der Waals surface area contributed by atoms with Crippen molar-refractivity contribution in [3.8, 4) is 5.75 Å². The highest BCUT2D eigenvalue weighted by Crippen LogP contribution is 2.49. The van der Waals surface area contributed by atoms with Crippen LogP contribution in [-0.4, -0.2) is 73.3 Å². The lowest BCUT2D eigenvalue weighted by molar-refractivity contribution is -0.0567. The first-order valence-electron chi connectivity index (χ1n) is 21.6. The van der Waals surface area contributed by atoms with Crippen LogP contribution >= 0.6 is 12.2 Å². The second-order valence-electron chi connectivity index (χ2n) is 17.0. The summed E-state index contributed by atoms with van der Waals surface area (Å²) in [6.07, 6.45) is 10.1. The third-order valence-corrected chi connectivity index (χ3v) is 22.0. The number of H-pyrrole nitrogens is 1. The van der Waals surface area contributed by atoms with Crippen molar-refractivity contribution in [1.29, 1.82) is 0 Å². The largest absolute Gasteiger partial charge is 0.446 e. The van der Waals surface area contributed by atoms with Gasteiger partial charge in [-0.2, -0.15) is 4.98 Å². The number of rotatable bonds is 19. The van der Waals surface area contributed by atoms with Crippen molar-refractivity contribution in [2.75, 3.05) is 18.5 Å². The van der Waals surface area contributed by atoms with Gasteiger partial charge in [0.05, 0.1) is 12.9 Å². The number of hydrogen-bond donors (Lipinski definition) is 2. The summed E-state index contributed by atoms with van der Waals surface area (Å²) in [5, 5.41) is 3.01. The number of imidazole rings is 1. The van der Waals surface area contributed by atoms with E-state index < -0.39 is 52.8 Å². The summed E-state index contributed by atoms with van der Waals surface area (Å²) in [4.78, 5) is 39.1. The predicted molar refractivity (Wildman–Crippen MR) is 237 cm³/mol. The number of unbranched alkanes of at least 4 members (excludes halogenated alkanes) is 9. The molecule has 2 N–H and O–H groups in total. The zero-order chi connectivity index (χ0) is 42.0. The van der Waals surface area contributed by atoms with Crippen LogP contribution in [-0.2, 0) is 22.4 Å². The topological polar surface area (TPSA) is 148 Å². The molecule has 2 fully saturated rings. The van der Waals surface area contributed by atoms with Gasteiger partial charge in [-0.3, -0.25) is 19.1 Å². The molecule has 0 amide bonds. The number of fused-ring (bicyclic) bond motifs is 2. The maximum atomic E-state index is 14.1. The number of para-hydroxylation sites is 1. The molecule has 2 aromatic heterocycles. The Morgan fingerprint density at radius 2 is 1.50 bits per heavy atom. The normalized spacial score (nSPS) is 21.7. The number of benzene rings is 1. The van der Waals surface area contributed by atoms with Gasteiger partial charge in [0.2, 0.25) is 5.95 Å². The van der Waals surface area contributed by atoms with E-state index in [0.29, 0.717) is 12.3 Å².